The molecule has 0 saturated heterocycles. The zero-order chi connectivity index (χ0) is 21.1. The van der Waals surface area contributed by atoms with E-state index in [9.17, 15) is 9.59 Å². The van der Waals surface area contributed by atoms with Gasteiger partial charge in [-0.2, -0.15) is 0 Å². The van der Waals surface area contributed by atoms with Gasteiger partial charge in [0, 0.05) is 11.4 Å². The Morgan fingerprint density at radius 2 is 1.83 bits per heavy atom. The average molecular weight is 443 g/mol. The minimum Gasteiger partial charge on any atom is -0.493 e. The van der Waals surface area contributed by atoms with Crippen molar-refractivity contribution in [2.75, 3.05) is 27.3 Å². The van der Waals surface area contributed by atoms with Gasteiger partial charge in [0.1, 0.15) is 0 Å². The first-order valence-corrected chi connectivity index (χ1v) is 11.3. The Labute approximate surface area is 183 Å². The van der Waals surface area contributed by atoms with Crippen molar-refractivity contribution in [3.05, 3.63) is 68.0 Å². The molecule has 0 fully saturated rings. The number of nitrogens with one attached hydrogen (secondary N) is 1. The Kier molecular flexibility index (Phi) is 6.06. The number of fused-ring (bicyclic) bond motifs is 1. The van der Waals surface area contributed by atoms with Gasteiger partial charge in [0.05, 0.1) is 31.7 Å². The maximum absolute atomic E-state index is 13.1. The number of benzene rings is 1. The molecule has 4 rings (SSSR count). The van der Waals surface area contributed by atoms with Crippen molar-refractivity contribution in [1.29, 1.82) is 0 Å². The molecule has 1 N–H and O–H groups in total. The van der Waals surface area contributed by atoms with Gasteiger partial charge in [0.2, 0.25) is 5.91 Å². The minimum atomic E-state index is -0.227. The molecule has 2 aromatic heterocycles. The molecule has 1 aliphatic heterocycles. The van der Waals surface area contributed by atoms with E-state index in [1.54, 1.807) is 31.6 Å². The lowest BCUT2D eigenvalue weighted by Gasteiger charge is -2.37. The predicted octanol–water partition coefficient (Wildman–Crippen LogP) is 3.73. The molecule has 2 amide bonds. The van der Waals surface area contributed by atoms with Crippen LogP contribution in [0.15, 0.2) is 47.2 Å². The Morgan fingerprint density at radius 1 is 1.10 bits per heavy atom. The molecule has 0 aliphatic carbocycles. The van der Waals surface area contributed by atoms with E-state index in [1.165, 1.54) is 11.3 Å². The quantitative estimate of drug-likeness (QED) is 0.632. The summed E-state index contributed by atoms with van der Waals surface area (Å²) in [5, 5.41) is 6.60. The molecule has 3 aromatic rings. The SMILES string of the molecule is COc1cc2c(cc1OC)[C@H](c1cccs1)N(C(=O)CNC(=O)c1cccs1)CC2. The summed E-state index contributed by atoms with van der Waals surface area (Å²) in [5.74, 6) is 0.982. The molecular weight excluding hydrogens is 420 g/mol. The smallest absolute Gasteiger partial charge is 0.261 e. The van der Waals surface area contributed by atoms with Crippen LogP contribution in [0.25, 0.3) is 0 Å². The molecule has 0 radical (unpaired) electrons. The average Bonchev–Trinajstić information content (AvgIpc) is 3.49. The third kappa shape index (κ3) is 3.93. The van der Waals surface area contributed by atoms with Crippen LogP contribution in [0.1, 0.15) is 31.7 Å². The maximum atomic E-state index is 13.1. The Bertz CT molecular complexity index is 1030. The van der Waals surface area contributed by atoms with E-state index < -0.39 is 0 Å². The molecule has 8 heteroatoms. The zero-order valence-electron chi connectivity index (χ0n) is 16.7. The number of ether oxygens (including phenoxy) is 2. The highest BCUT2D eigenvalue weighted by molar-refractivity contribution is 7.12. The van der Waals surface area contributed by atoms with Crippen molar-refractivity contribution < 1.29 is 19.1 Å². The molecule has 1 aromatic carbocycles. The number of hydrogen-bond acceptors (Lipinski definition) is 6. The predicted molar refractivity (Wildman–Crippen MR) is 118 cm³/mol. The van der Waals surface area contributed by atoms with E-state index >= 15 is 0 Å². The summed E-state index contributed by atoms with van der Waals surface area (Å²) in [6.07, 6.45) is 0.710. The minimum absolute atomic E-state index is 0.0404. The molecule has 30 heavy (non-hydrogen) atoms. The Morgan fingerprint density at radius 3 is 2.50 bits per heavy atom. The van der Waals surface area contributed by atoms with E-state index in [-0.39, 0.29) is 24.4 Å². The van der Waals surface area contributed by atoms with Crippen molar-refractivity contribution in [3.63, 3.8) is 0 Å². The molecule has 3 heterocycles. The largest absolute Gasteiger partial charge is 0.493 e. The summed E-state index contributed by atoms with van der Waals surface area (Å²) in [7, 11) is 3.23. The van der Waals surface area contributed by atoms with Gasteiger partial charge < -0.3 is 19.7 Å². The third-order valence-corrected chi connectivity index (χ3v) is 6.95. The van der Waals surface area contributed by atoms with Crippen molar-refractivity contribution in [2.45, 2.75) is 12.5 Å². The first-order valence-electron chi connectivity index (χ1n) is 9.51. The molecule has 1 aliphatic rings. The lowest BCUT2D eigenvalue weighted by molar-refractivity contribution is -0.132. The lowest BCUT2D eigenvalue weighted by atomic mass is 9.90. The zero-order valence-corrected chi connectivity index (χ0v) is 18.3. The fraction of sp³-hybridized carbons (Fsp3) is 0.273. The highest BCUT2D eigenvalue weighted by Crippen LogP contribution is 2.42. The molecule has 0 unspecified atom stereocenters. The van der Waals surface area contributed by atoms with Crippen LogP contribution in [-0.2, 0) is 11.2 Å². The van der Waals surface area contributed by atoms with E-state index in [0.717, 1.165) is 16.0 Å². The van der Waals surface area contributed by atoms with Gasteiger partial charge in [-0.3, -0.25) is 9.59 Å². The fourth-order valence-electron chi connectivity index (χ4n) is 3.72. The highest BCUT2D eigenvalue weighted by atomic mass is 32.1. The van der Waals surface area contributed by atoms with E-state index in [0.29, 0.717) is 29.3 Å². The van der Waals surface area contributed by atoms with Crippen LogP contribution in [0, 0.1) is 0 Å². The number of amides is 2. The van der Waals surface area contributed by atoms with Gasteiger partial charge in [-0.25, -0.2) is 0 Å². The number of nitrogens with zero attached hydrogens (tertiary/aromatic N) is 1. The van der Waals surface area contributed by atoms with Crippen LogP contribution in [-0.4, -0.2) is 44.0 Å². The number of thiophene rings is 2. The number of methoxy groups -OCH3 is 2. The summed E-state index contributed by atoms with van der Waals surface area (Å²) in [4.78, 5) is 28.9. The molecule has 6 nitrogen and oxygen atoms in total. The van der Waals surface area contributed by atoms with E-state index in [1.807, 2.05) is 46.0 Å². The Hall–Kier alpha value is -2.84. The topological polar surface area (TPSA) is 67.9 Å². The molecule has 0 bridgehead atoms. The first kappa shape index (κ1) is 20.4. The molecule has 1 atom stereocenters. The van der Waals surface area contributed by atoms with Crippen LogP contribution in [0.2, 0.25) is 0 Å². The second-order valence-corrected chi connectivity index (χ2v) is 8.75. The van der Waals surface area contributed by atoms with E-state index in [2.05, 4.69) is 5.32 Å². The summed E-state index contributed by atoms with van der Waals surface area (Å²) in [5.41, 5.74) is 2.16. The number of hydrogen-bond donors (Lipinski definition) is 1. The maximum Gasteiger partial charge on any atom is 0.261 e. The van der Waals surface area contributed by atoms with Gasteiger partial charge in [0.25, 0.3) is 5.91 Å². The van der Waals surface area contributed by atoms with Gasteiger partial charge in [0.15, 0.2) is 11.5 Å². The summed E-state index contributed by atoms with van der Waals surface area (Å²) in [6.45, 7) is 0.528. The van der Waals surface area contributed by atoms with Crippen molar-refractivity contribution in [2.24, 2.45) is 0 Å². The van der Waals surface area contributed by atoms with Gasteiger partial charge in [-0.1, -0.05) is 12.1 Å². The number of carbonyl (C=O) groups excluding carboxylic acids is 2. The van der Waals surface area contributed by atoms with Crippen LogP contribution in [0.3, 0.4) is 0 Å². The third-order valence-electron chi connectivity index (χ3n) is 5.15. The van der Waals surface area contributed by atoms with Crippen LogP contribution < -0.4 is 14.8 Å². The number of rotatable bonds is 6. The van der Waals surface area contributed by atoms with Crippen molar-refractivity contribution in [3.8, 4) is 11.5 Å². The molecule has 0 spiro atoms. The summed E-state index contributed by atoms with van der Waals surface area (Å²) < 4.78 is 11.0. The summed E-state index contributed by atoms with van der Waals surface area (Å²) >= 11 is 2.96. The second kappa shape index (κ2) is 8.89. The van der Waals surface area contributed by atoms with Crippen molar-refractivity contribution >= 4 is 34.5 Å². The second-order valence-electron chi connectivity index (χ2n) is 6.82. The highest BCUT2D eigenvalue weighted by Gasteiger charge is 2.34. The molecule has 156 valence electrons. The van der Waals surface area contributed by atoms with Crippen LogP contribution >= 0.6 is 22.7 Å². The van der Waals surface area contributed by atoms with Crippen LogP contribution in [0.5, 0.6) is 11.5 Å². The van der Waals surface area contributed by atoms with Gasteiger partial charge in [-0.15, -0.1) is 22.7 Å². The monoisotopic (exact) mass is 442 g/mol. The molecule has 0 saturated carbocycles. The molecular formula is C22H22N2O4S2. The fourth-order valence-corrected chi connectivity index (χ4v) is 5.22. The lowest BCUT2D eigenvalue weighted by Crippen LogP contribution is -2.45. The van der Waals surface area contributed by atoms with E-state index in [4.69, 9.17) is 9.47 Å². The summed E-state index contributed by atoms with van der Waals surface area (Å²) in [6, 6.07) is 11.3. The Balaban J connectivity index is 1.62. The normalized spacial score (nSPS) is 15.4. The van der Waals surface area contributed by atoms with Gasteiger partial charge >= 0.3 is 0 Å². The van der Waals surface area contributed by atoms with Crippen molar-refractivity contribution in [1.82, 2.24) is 10.2 Å². The standard InChI is InChI=1S/C22H22N2O4S2/c1-27-16-11-14-7-8-24(20(25)13-23-22(26)19-6-4-10-30-19)21(18-5-3-9-29-18)15(14)12-17(16)28-2/h3-6,9-12,21H,7-8,13H2,1-2H3,(H,23,26)/t21-/m1/s1. The first-order chi connectivity index (χ1) is 14.6. The number of carbonyl (C=O) groups is 2. The van der Waals surface area contributed by atoms with Gasteiger partial charge in [-0.05, 0) is 52.6 Å². The van der Waals surface area contributed by atoms with Crippen LogP contribution in [0.4, 0.5) is 0 Å².